The van der Waals surface area contributed by atoms with E-state index in [-0.39, 0.29) is 12.5 Å². The van der Waals surface area contributed by atoms with Crippen molar-refractivity contribution in [1.29, 1.82) is 0 Å². The van der Waals surface area contributed by atoms with Gasteiger partial charge in [-0.2, -0.15) is 23.5 Å². The van der Waals surface area contributed by atoms with Crippen molar-refractivity contribution >= 4 is 41.7 Å². The molecule has 8 heteroatoms. The summed E-state index contributed by atoms with van der Waals surface area (Å²) in [4.78, 5) is 37.6. The lowest BCUT2D eigenvalue weighted by molar-refractivity contribution is -0.152. The van der Waals surface area contributed by atoms with Gasteiger partial charge in [-0.1, -0.05) is 12.2 Å². The Morgan fingerprint density at radius 1 is 1.31 bits per heavy atom. The molecule has 1 aliphatic heterocycles. The second-order valence-electron chi connectivity index (χ2n) is 5.73. The third kappa shape index (κ3) is 4.42. The minimum atomic E-state index is -1.02. The Morgan fingerprint density at radius 2 is 2.00 bits per heavy atom. The molecule has 1 N–H and O–H groups in total. The van der Waals surface area contributed by atoms with Crippen molar-refractivity contribution in [3.05, 3.63) is 48.8 Å². The fourth-order valence-electron chi connectivity index (χ4n) is 2.90. The van der Waals surface area contributed by atoms with Crippen LogP contribution in [0.4, 0.5) is 0 Å². The molecule has 0 saturated carbocycles. The molecule has 2 atom stereocenters. The summed E-state index contributed by atoms with van der Waals surface area (Å²) in [6.45, 7) is 7.48. The number of aromatic nitrogens is 1. The first-order chi connectivity index (χ1) is 12.5. The molecular formula is C18H22N2O4S2. The number of thioether (sulfide) groups is 2. The van der Waals surface area contributed by atoms with Gasteiger partial charge in [-0.25, -0.2) is 4.79 Å². The van der Waals surface area contributed by atoms with Crippen LogP contribution < -0.4 is 0 Å². The fourth-order valence-corrected chi connectivity index (χ4v) is 4.56. The first-order valence-corrected chi connectivity index (χ1v) is 10.4. The van der Waals surface area contributed by atoms with Crippen LogP contribution in [0.5, 0.6) is 0 Å². The third-order valence-electron chi connectivity index (χ3n) is 4.05. The van der Waals surface area contributed by atoms with Gasteiger partial charge < -0.3 is 14.6 Å². The summed E-state index contributed by atoms with van der Waals surface area (Å²) < 4.78 is 1.73. The average Bonchev–Trinajstić information content (AvgIpc) is 3.03. The molecule has 1 aromatic heterocycles. The lowest BCUT2D eigenvalue weighted by atomic mass is 10.1. The summed E-state index contributed by atoms with van der Waals surface area (Å²) in [5.41, 5.74) is 1.21. The molecule has 2 heterocycles. The standard InChI is InChI=1S/C18H22N2O4S2/c1-3-7-25-11-15-17(22)19(16(18(23)24)12-26-8-4-2)9-13-5-6-14(10-21)20(13)15/h3-6,10,15-16H,1-2,7-9,11-12H2,(H,23,24)/t15-,16-/m0/s1. The number of carboxylic acid groups (broad SMARTS) is 1. The third-order valence-corrected chi connectivity index (χ3v) is 6.10. The van der Waals surface area contributed by atoms with Gasteiger partial charge in [0, 0.05) is 28.7 Å². The summed E-state index contributed by atoms with van der Waals surface area (Å²) in [5, 5.41) is 9.63. The number of aldehydes is 1. The van der Waals surface area contributed by atoms with E-state index in [1.54, 1.807) is 28.9 Å². The van der Waals surface area contributed by atoms with Crippen molar-refractivity contribution in [3.8, 4) is 0 Å². The summed E-state index contributed by atoms with van der Waals surface area (Å²) in [5.74, 6) is 0.754. The Labute approximate surface area is 161 Å². The summed E-state index contributed by atoms with van der Waals surface area (Å²) in [6, 6.07) is 1.95. The number of rotatable bonds is 11. The number of carbonyl (C=O) groups is 3. The van der Waals surface area contributed by atoms with Crippen molar-refractivity contribution in [3.63, 3.8) is 0 Å². The van der Waals surface area contributed by atoms with Crippen LogP contribution in [0.1, 0.15) is 22.2 Å². The molecule has 140 valence electrons. The molecule has 26 heavy (non-hydrogen) atoms. The van der Waals surface area contributed by atoms with Gasteiger partial charge in [0.05, 0.1) is 12.2 Å². The minimum absolute atomic E-state index is 0.181. The molecule has 0 bridgehead atoms. The molecular weight excluding hydrogens is 372 g/mol. The largest absolute Gasteiger partial charge is 0.480 e. The van der Waals surface area contributed by atoms with Gasteiger partial charge in [0.2, 0.25) is 5.91 Å². The second kappa shape index (κ2) is 9.68. The number of carboxylic acids is 1. The van der Waals surface area contributed by atoms with Crippen molar-refractivity contribution in [2.45, 2.75) is 18.6 Å². The number of fused-ring (bicyclic) bond motifs is 1. The number of aliphatic carboxylic acids is 1. The lowest BCUT2D eigenvalue weighted by Crippen LogP contribution is -2.52. The predicted molar refractivity (Wildman–Crippen MR) is 106 cm³/mol. The normalized spacial score (nSPS) is 17.5. The Hall–Kier alpha value is -1.93. The maximum absolute atomic E-state index is 13.1. The molecule has 0 unspecified atom stereocenters. The maximum atomic E-state index is 13.1. The molecule has 2 rings (SSSR count). The molecule has 0 aliphatic carbocycles. The van der Waals surface area contributed by atoms with Crippen LogP contribution in [0.2, 0.25) is 0 Å². The Bertz CT molecular complexity index is 701. The summed E-state index contributed by atoms with van der Waals surface area (Å²) in [6.07, 6.45) is 4.18. The van der Waals surface area contributed by atoms with Crippen molar-refractivity contribution in [2.24, 2.45) is 0 Å². The Morgan fingerprint density at radius 3 is 2.62 bits per heavy atom. The van der Waals surface area contributed by atoms with Crippen LogP contribution in [-0.4, -0.2) is 61.8 Å². The van der Waals surface area contributed by atoms with Crippen LogP contribution in [0.15, 0.2) is 37.4 Å². The highest BCUT2D eigenvalue weighted by Crippen LogP contribution is 2.30. The van der Waals surface area contributed by atoms with Gasteiger partial charge in [-0.05, 0) is 12.1 Å². The molecule has 0 saturated heterocycles. The van der Waals surface area contributed by atoms with E-state index in [2.05, 4.69) is 13.2 Å². The average molecular weight is 395 g/mol. The van der Waals surface area contributed by atoms with Crippen molar-refractivity contribution in [2.75, 3.05) is 23.0 Å². The molecule has 0 spiro atoms. The maximum Gasteiger partial charge on any atom is 0.327 e. The van der Waals surface area contributed by atoms with Crippen molar-refractivity contribution < 1.29 is 19.5 Å². The highest BCUT2D eigenvalue weighted by molar-refractivity contribution is 7.99. The first-order valence-electron chi connectivity index (χ1n) is 8.11. The highest BCUT2D eigenvalue weighted by Gasteiger charge is 2.39. The zero-order valence-corrected chi connectivity index (χ0v) is 16.0. The predicted octanol–water partition coefficient (Wildman–Crippen LogP) is 2.48. The van der Waals surface area contributed by atoms with Crippen LogP contribution in [0, 0.1) is 0 Å². The van der Waals surface area contributed by atoms with Gasteiger partial charge in [-0.15, -0.1) is 13.2 Å². The van der Waals surface area contributed by atoms with E-state index in [4.69, 9.17) is 0 Å². The number of carbonyl (C=O) groups excluding carboxylic acids is 2. The molecule has 1 aliphatic rings. The van der Waals surface area contributed by atoms with Crippen LogP contribution in [0.3, 0.4) is 0 Å². The van der Waals surface area contributed by atoms with E-state index in [9.17, 15) is 19.5 Å². The van der Waals surface area contributed by atoms with Crippen molar-refractivity contribution in [1.82, 2.24) is 9.47 Å². The van der Waals surface area contributed by atoms with Gasteiger partial charge in [0.1, 0.15) is 12.1 Å². The van der Waals surface area contributed by atoms with E-state index in [1.165, 1.54) is 28.4 Å². The lowest BCUT2D eigenvalue weighted by Gasteiger charge is -2.38. The molecule has 6 nitrogen and oxygen atoms in total. The zero-order valence-electron chi connectivity index (χ0n) is 14.4. The van der Waals surface area contributed by atoms with E-state index in [0.29, 0.717) is 28.7 Å². The van der Waals surface area contributed by atoms with Crippen LogP contribution >= 0.6 is 23.5 Å². The monoisotopic (exact) mass is 394 g/mol. The smallest absolute Gasteiger partial charge is 0.327 e. The van der Waals surface area contributed by atoms with E-state index in [1.807, 2.05) is 0 Å². The number of hydrogen-bond acceptors (Lipinski definition) is 5. The molecule has 0 radical (unpaired) electrons. The fraction of sp³-hybridized carbons (Fsp3) is 0.389. The highest BCUT2D eigenvalue weighted by atomic mass is 32.2. The van der Waals surface area contributed by atoms with Gasteiger partial charge >= 0.3 is 5.97 Å². The quantitative estimate of drug-likeness (QED) is 0.353. The zero-order chi connectivity index (χ0) is 19.1. The second-order valence-corrected chi connectivity index (χ2v) is 7.88. The minimum Gasteiger partial charge on any atom is -0.480 e. The van der Waals surface area contributed by atoms with Gasteiger partial charge in [0.25, 0.3) is 0 Å². The molecule has 0 aromatic carbocycles. The number of hydrogen-bond donors (Lipinski definition) is 1. The number of amides is 1. The Balaban J connectivity index is 2.32. The van der Waals surface area contributed by atoms with Gasteiger partial charge in [0.15, 0.2) is 6.29 Å². The van der Waals surface area contributed by atoms with Gasteiger partial charge in [-0.3, -0.25) is 9.59 Å². The first kappa shape index (κ1) is 20.4. The number of nitrogens with zero attached hydrogens (tertiary/aromatic N) is 2. The Kier molecular flexibility index (Phi) is 7.59. The molecule has 0 fully saturated rings. The van der Waals surface area contributed by atoms with Crippen LogP contribution in [0.25, 0.3) is 0 Å². The molecule has 1 aromatic rings. The SMILES string of the molecule is C=CCSC[C@@H](C(=O)O)N1Cc2ccc(C=O)n2[C@@H](CSCC=C)C1=O. The van der Waals surface area contributed by atoms with E-state index < -0.39 is 18.1 Å². The summed E-state index contributed by atoms with van der Waals surface area (Å²) >= 11 is 2.95. The summed E-state index contributed by atoms with van der Waals surface area (Å²) in [7, 11) is 0. The van der Waals surface area contributed by atoms with Crippen LogP contribution in [-0.2, 0) is 16.1 Å². The van der Waals surface area contributed by atoms with E-state index >= 15 is 0 Å². The topological polar surface area (TPSA) is 79.6 Å². The molecule has 1 amide bonds. The van der Waals surface area contributed by atoms with E-state index in [0.717, 1.165) is 12.0 Å².